The number of rotatable bonds is 6. The molecule has 2 nitrogen and oxygen atoms in total. The Bertz CT molecular complexity index is 2670. The summed E-state index contributed by atoms with van der Waals surface area (Å²) < 4.78 is 7.20. The van der Waals surface area contributed by atoms with Gasteiger partial charge in [0.15, 0.2) is 5.75 Å². The van der Waals surface area contributed by atoms with Gasteiger partial charge in [0.25, 0.3) is 0 Å². The van der Waals surface area contributed by atoms with E-state index in [-0.39, 0.29) is 0 Å². The number of anilines is 3. The van der Waals surface area contributed by atoms with Gasteiger partial charge in [-0.15, -0.1) is 0 Å². The summed E-state index contributed by atoms with van der Waals surface area (Å²) in [6.45, 7) is 0. The van der Waals surface area contributed by atoms with Crippen LogP contribution in [-0.4, -0.2) is 0 Å². The van der Waals surface area contributed by atoms with E-state index in [1.807, 2.05) is 0 Å². The first-order valence-corrected chi connectivity index (χ1v) is 18.4. The summed E-state index contributed by atoms with van der Waals surface area (Å²) >= 11 is 0. The lowest BCUT2D eigenvalue weighted by Crippen LogP contribution is -2.11. The summed E-state index contributed by atoms with van der Waals surface area (Å²) in [7, 11) is 0. The third kappa shape index (κ3) is 5.71. The van der Waals surface area contributed by atoms with E-state index >= 15 is 0 Å². The Morgan fingerprint density at radius 1 is 0.296 bits per heavy atom. The topological polar surface area (TPSA) is 12.5 Å². The fraction of sp³-hybridized carbons (Fsp3) is 0. The highest BCUT2D eigenvalue weighted by atomic mass is 16.5. The zero-order chi connectivity index (χ0) is 35.8. The molecule has 1 heterocycles. The lowest BCUT2D eigenvalue weighted by atomic mass is 9.90. The molecule has 0 saturated heterocycles. The Hall–Kier alpha value is -7.16. The normalized spacial score (nSPS) is 11.5. The number of hydrogen-bond acceptors (Lipinski definition) is 2. The van der Waals surface area contributed by atoms with Crippen LogP contribution in [0.3, 0.4) is 0 Å². The second kappa shape index (κ2) is 13.4. The largest absolute Gasteiger partial charge is 0.454 e. The lowest BCUT2D eigenvalue weighted by Gasteiger charge is -2.28. The molecule has 0 fully saturated rings. The Balaban J connectivity index is 1.18. The van der Waals surface area contributed by atoms with E-state index in [2.05, 4.69) is 217 Å². The van der Waals surface area contributed by atoms with Crippen molar-refractivity contribution in [2.75, 3.05) is 4.90 Å². The van der Waals surface area contributed by atoms with Gasteiger partial charge in [0.1, 0.15) is 5.75 Å². The van der Waals surface area contributed by atoms with E-state index in [0.717, 1.165) is 56.4 Å². The van der Waals surface area contributed by atoms with Crippen molar-refractivity contribution in [2.45, 2.75) is 0 Å². The zero-order valence-corrected chi connectivity index (χ0v) is 29.6. The van der Waals surface area contributed by atoms with Gasteiger partial charge in [-0.05, 0) is 110 Å². The van der Waals surface area contributed by atoms with Gasteiger partial charge in [-0.25, -0.2) is 0 Å². The second-order valence-electron chi connectivity index (χ2n) is 13.7. The molecule has 0 bridgehead atoms. The molecule has 0 unspecified atom stereocenters. The maximum absolute atomic E-state index is 7.20. The maximum atomic E-state index is 7.20. The molecule has 9 aromatic rings. The van der Waals surface area contributed by atoms with Crippen LogP contribution in [0, 0.1) is 0 Å². The van der Waals surface area contributed by atoms with Crippen LogP contribution >= 0.6 is 0 Å². The van der Waals surface area contributed by atoms with Crippen LogP contribution < -0.4 is 9.64 Å². The number of nitrogens with zero attached hydrogens (tertiary/aromatic N) is 1. The van der Waals surface area contributed by atoms with Crippen LogP contribution in [0.1, 0.15) is 0 Å². The molecule has 0 saturated carbocycles. The maximum Gasteiger partial charge on any atom is 0.159 e. The summed E-state index contributed by atoms with van der Waals surface area (Å²) in [5.74, 6) is 1.65. The first-order chi connectivity index (χ1) is 26.8. The van der Waals surface area contributed by atoms with E-state index in [9.17, 15) is 0 Å². The molecule has 10 rings (SSSR count). The Kier molecular flexibility index (Phi) is 7.85. The van der Waals surface area contributed by atoms with Crippen molar-refractivity contribution in [3.63, 3.8) is 0 Å². The van der Waals surface area contributed by atoms with Gasteiger partial charge in [0, 0.05) is 22.5 Å². The van der Waals surface area contributed by atoms with Crippen molar-refractivity contribution in [3.8, 4) is 67.1 Å². The van der Waals surface area contributed by atoms with Crippen molar-refractivity contribution in [3.05, 3.63) is 212 Å². The highest BCUT2D eigenvalue weighted by molar-refractivity contribution is 6.02. The molecule has 1 aliphatic heterocycles. The molecule has 0 atom stereocenters. The molecule has 1 aliphatic rings. The molecular formula is C52H35NO. The van der Waals surface area contributed by atoms with E-state index in [1.54, 1.807) is 0 Å². The Morgan fingerprint density at radius 3 is 1.28 bits per heavy atom. The molecule has 0 spiro atoms. The van der Waals surface area contributed by atoms with Crippen LogP contribution in [0.15, 0.2) is 212 Å². The second-order valence-corrected chi connectivity index (χ2v) is 13.7. The molecule has 0 aliphatic carbocycles. The van der Waals surface area contributed by atoms with Gasteiger partial charge in [-0.2, -0.15) is 0 Å². The third-order valence-electron chi connectivity index (χ3n) is 10.5. The zero-order valence-electron chi connectivity index (χ0n) is 29.6. The smallest absolute Gasteiger partial charge is 0.159 e. The number of benzene rings is 9. The first-order valence-electron chi connectivity index (χ1n) is 18.4. The van der Waals surface area contributed by atoms with E-state index in [1.165, 1.54) is 38.6 Å². The predicted molar refractivity (Wildman–Crippen MR) is 226 cm³/mol. The summed E-state index contributed by atoms with van der Waals surface area (Å²) in [5.41, 5.74) is 14.5. The fourth-order valence-corrected chi connectivity index (χ4v) is 7.75. The SMILES string of the molecule is c1ccc(-c2ccc(N(c3ccc(-c4ccccc4)cc3)c3cccc4c3Oc3ccc(-c5ccccc5)cc3-c3cc5ccccc5cc3-4)cc2)cc1. The third-order valence-corrected chi connectivity index (χ3v) is 10.5. The predicted octanol–water partition coefficient (Wildman–Crippen LogP) is 14.8. The van der Waals surface area contributed by atoms with E-state index in [4.69, 9.17) is 4.74 Å². The number of fused-ring (bicyclic) bond motifs is 6. The highest BCUT2D eigenvalue weighted by Crippen LogP contribution is 2.54. The van der Waals surface area contributed by atoms with Crippen molar-refractivity contribution in [2.24, 2.45) is 0 Å². The van der Waals surface area contributed by atoms with Gasteiger partial charge in [0.05, 0.1) is 5.69 Å². The van der Waals surface area contributed by atoms with Crippen molar-refractivity contribution >= 4 is 27.8 Å². The van der Waals surface area contributed by atoms with Gasteiger partial charge >= 0.3 is 0 Å². The van der Waals surface area contributed by atoms with Crippen LogP contribution in [0.25, 0.3) is 66.4 Å². The number of ether oxygens (including phenoxy) is 1. The minimum Gasteiger partial charge on any atom is -0.454 e. The minimum absolute atomic E-state index is 0.819. The standard InChI is InChI=1S/C52H35NO/c1-4-13-36(14-5-1)39-23-28-44(29-24-39)53(45-30-25-40(26-31-45)37-15-6-2-7-16-37)50-22-12-21-46-47-33-41-19-10-11-20-42(41)34-48(47)49-35-43(38-17-8-3-9-18-38)27-32-51(49)54-52(46)50/h1-35H. The molecule has 0 N–H and O–H groups in total. The molecule has 254 valence electrons. The van der Waals surface area contributed by atoms with E-state index < -0.39 is 0 Å². The Labute approximate surface area is 315 Å². The fourth-order valence-electron chi connectivity index (χ4n) is 7.75. The molecule has 54 heavy (non-hydrogen) atoms. The van der Waals surface area contributed by atoms with Crippen LogP contribution in [0.2, 0.25) is 0 Å². The average molecular weight is 690 g/mol. The first kappa shape index (κ1) is 31.6. The molecular weight excluding hydrogens is 655 g/mol. The summed E-state index contributed by atoms with van der Waals surface area (Å²) in [6.07, 6.45) is 0. The van der Waals surface area contributed by atoms with Crippen LogP contribution in [0.5, 0.6) is 11.5 Å². The van der Waals surface area contributed by atoms with Gasteiger partial charge in [-0.3, -0.25) is 0 Å². The molecule has 0 radical (unpaired) electrons. The average Bonchev–Trinajstić information content (AvgIpc) is 3.38. The monoisotopic (exact) mass is 689 g/mol. The number of hydrogen-bond donors (Lipinski definition) is 0. The van der Waals surface area contributed by atoms with Crippen molar-refractivity contribution in [1.29, 1.82) is 0 Å². The van der Waals surface area contributed by atoms with Gasteiger partial charge in [-0.1, -0.05) is 158 Å². The van der Waals surface area contributed by atoms with Gasteiger partial charge < -0.3 is 9.64 Å². The van der Waals surface area contributed by atoms with E-state index in [0.29, 0.717) is 0 Å². The molecule has 9 aromatic carbocycles. The number of para-hydroxylation sites is 1. The summed E-state index contributed by atoms with van der Waals surface area (Å²) in [6, 6.07) is 75.7. The van der Waals surface area contributed by atoms with Crippen molar-refractivity contribution < 1.29 is 4.74 Å². The minimum atomic E-state index is 0.819. The quantitative estimate of drug-likeness (QED) is 0.172. The van der Waals surface area contributed by atoms with Gasteiger partial charge in [0.2, 0.25) is 0 Å². The molecule has 2 heteroatoms. The lowest BCUT2D eigenvalue weighted by molar-refractivity contribution is 0.489. The molecule has 0 aromatic heterocycles. The molecule has 0 amide bonds. The van der Waals surface area contributed by atoms with Crippen LogP contribution in [-0.2, 0) is 0 Å². The highest BCUT2D eigenvalue weighted by Gasteiger charge is 2.27. The summed E-state index contributed by atoms with van der Waals surface area (Å²) in [4.78, 5) is 2.33. The van der Waals surface area contributed by atoms with Crippen LogP contribution in [0.4, 0.5) is 17.1 Å². The Morgan fingerprint density at radius 2 is 0.741 bits per heavy atom. The van der Waals surface area contributed by atoms with Crippen molar-refractivity contribution in [1.82, 2.24) is 0 Å². The summed E-state index contributed by atoms with van der Waals surface area (Å²) in [5, 5.41) is 2.39.